The van der Waals surface area contributed by atoms with E-state index in [9.17, 15) is 13.6 Å². The van der Waals surface area contributed by atoms with Crippen molar-refractivity contribution in [3.05, 3.63) is 47.2 Å². The summed E-state index contributed by atoms with van der Waals surface area (Å²) in [7, 11) is 0. The van der Waals surface area contributed by atoms with E-state index in [-0.39, 0.29) is 17.2 Å². The van der Waals surface area contributed by atoms with Crippen molar-refractivity contribution in [3.63, 3.8) is 0 Å². The maximum atomic E-state index is 13.5. The molecule has 0 fully saturated rings. The maximum absolute atomic E-state index is 13.5. The van der Waals surface area contributed by atoms with Gasteiger partial charge in [-0.25, -0.2) is 8.78 Å². The van der Waals surface area contributed by atoms with Crippen molar-refractivity contribution in [3.8, 4) is 0 Å². The van der Waals surface area contributed by atoms with Gasteiger partial charge in [0.15, 0.2) is 17.5 Å². The summed E-state index contributed by atoms with van der Waals surface area (Å²) in [6.45, 7) is 3.40. The molecule has 0 saturated carbocycles. The molecule has 0 spiro atoms. The second-order valence-electron chi connectivity index (χ2n) is 4.48. The lowest BCUT2D eigenvalue weighted by Crippen LogP contribution is -2.22. The van der Waals surface area contributed by atoms with Gasteiger partial charge in [0.25, 0.3) is 0 Å². The highest BCUT2D eigenvalue weighted by Crippen LogP contribution is 2.22. The molecular weight excluding hydrogens is 298 g/mol. The van der Waals surface area contributed by atoms with E-state index in [0.717, 1.165) is 6.07 Å². The lowest BCUT2D eigenvalue weighted by atomic mass is 10.2. The Labute approximate surface area is 124 Å². The highest BCUT2D eigenvalue weighted by molar-refractivity contribution is 7.99. The summed E-state index contributed by atoms with van der Waals surface area (Å²) in [5, 5.41) is 5.81. The second-order valence-corrected chi connectivity index (χ2v) is 5.81. The standard InChI is InChI=1S/C14H14F2N2O2S/c1-8-6-12(18-20-8)17-14(19)9(2)21-7-10-4-3-5-11(15)13(10)16/h3-6,9H,7H2,1-2H3,(H,17,18,19). The Morgan fingerprint density at radius 2 is 2.24 bits per heavy atom. The molecule has 1 unspecified atom stereocenters. The predicted molar refractivity (Wildman–Crippen MR) is 77.0 cm³/mol. The van der Waals surface area contributed by atoms with Gasteiger partial charge in [-0.05, 0) is 19.9 Å². The smallest absolute Gasteiger partial charge is 0.238 e. The van der Waals surface area contributed by atoms with E-state index in [1.807, 2.05) is 0 Å². The molecule has 2 rings (SSSR count). The van der Waals surface area contributed by atoms with Crippen molar-refractivity contribution in [2.24, 2.45) is 0 Å². The molecule has 2 aromatic rings. The van der Waals surface area contributed by atoms with Gasteiger partial charge >= 0.3 is 0 Å². The number of rotatable bonds is 5. The van der Waals surface area contributed by atoms with E-state index in [2.05, 4.69) is 10.5 Å². The molecular formula is C14H14F2N2O2S. The van der Waals surface area contributed by atoms with Crippen molar-refractivity contribution in [1.82, 2.24) is 5.16 Å². The lowest BCUT2D eigenvalue weighted by molar-refractivity contribution is -0.115. The second kappa shape index (κ2) is 6.71. The molecule has 1 amide bonds. The molecule has 7 heteroatoms. The highest BCUT2D eigenvalue weighted by atomic mass is 32.2. The fourth-order valence-corrected chi connectivity index (χ4v) is 2.47. The number of nitrogens with one attached hydrogen (secondary N) is 1. The van der Waals surface area contributed by atoms with Gasteiger partial charge in [-0.1, -0.05) is 17.3 Å². The van der Waals surface area contributed by atoms with Crippen LogP contribution in [0.2, 0.25) is 0 Å². The van der Waals surface area contributed by atoms with Crippen LogP contribution >= 0.6 is 11.8 Å². The van der Waals surface area contributed by atoms with Crippen LogP contribution in [0.25, 0.3) is 0 Å². The van der Waals surface area contributed by atoms with Crippen molar-refractivity contribution in [1.29, 1.82) is 0 Å². The van der Waals surface area contributed by atoms with Gasteiger partial charge in [0.05, 0.1) is 5.25 Å². The molecule has 1 atom stereocenters. The molecule has 0 aliphatic heterocycles. The molecule has 0 radical (unpaired) electrons. The summed E-state index contributed by atoms with van der Waals surface area (Å²) in [5.74, 6) is -0.900. The first kappa shape index (κ1) is 15.5. The van der Waals surface area contributed by atoms with E-state index in [0.29, 0.717) is 11.6 Å². The average molecular weight is 312 g/mol. The van der Waals surface area contributed by atoms with Crippen LogP contribution in [0.5, 0.6) is 0 Å². The van der Waals surface area contributed by atoms with Gasteiger partial charge < -0.3 is 9.84 Å². The van der Waals surface area contributed by atoms with Gasteiger partial charge in [-0.2, -0.15) is 0 Å². The van der Waals surface area contributed by atoms with Gasteiger partial charge in [0.1, 0.15) is 5.76 Å². The molecule has 1 heterocycles. The number of amides is 1. The molecule has 4 nitrogen and oxygen atoms in total. The van der Waals surface area contributed by atoms with E-state index in [1.165, 1.54) is 23.9 Å². The van der Waals surface area contributed by atoms with Crippen LogP contribution in [0.1, 0.15) is 18.2 Å². The summed E-state index contributed by atoms with van der Waals surface area (Å²) in [5.41, 5.74) is 0.233. The van der Waals surface area contributed by atoms with Crippen molar-refractivity contribution in [2.75, 3.05) is 5.32 Å². The predicted octanol–water partition coefficient (Wildman–Crippen LogP) is 3.52. The summed E-state index contributed by atoms with van der Waals surface area (Å²) in [6.07, 6.45) is 0. The first-order chi connectivity index (χ1) is 9.97. The fraction of sp³-hybridized carbons (Fsp3) is 0.286. The number of aromatic nitrogens is 1. The fourth-order valence-electron chi connectivity index (χ4n) is 1.60. The topological polar surface area (TPSA) is 55.1 Å². The number of halogens is 2. The zero-order valence-electron chi connectivity index (χ0n) is 11.5. The minimum Gasteiger partial charge on any atom is -0.360 e. The van der Waals surface area contributed by atoms with E-state index in [1.54, 1.807) is 19.9 Å². The number of thioether (sulfide) groups is 1. The van der Waals surface area contributed by atoms with Crippen LogP contribution in [-0.2, 0) is 10.5 Å². The zero-order valence-corrected chi connectivity index (χ0v) is 12.3. The molecule has 0 bridgehead atoms. The van der Waals surface area contributed by atoms with E-state index < -0.39 is 16.9 Å². The molecule has 0 aliphatic rings. The number of anilines is 1. The van der Waals surface area contributed by atoms with Crippen molar-refractivity contribution in [2.45, 2.75) is 24.9 Å². The van der Waals surface area contributed by atoms with Crippen LogP contribution in [-0.4, -0.2) is 16.3 Å². The number of aryl methyl sites for hydroxylation is 1. The van der Waals surface area contributed by atoms with Gasteiger partial charge in [0.2, 0.25) is 5.91 Å². The van der Waals surface area contributed by atoms with Crippen molar-refractivity contribution < 1.29 is 18.1 Å². The molecule has 1 aromatic carbocycles. The summed E-state index contributed by atoms with van der Waals surface area (Å²) in [4.78, 5) is 11.9. The third-order valence-electron chi connectivity index (χ3n) is 2.77. The summed E-state index contributed by atoms with van der Waals surface area (Å²) < 4.78 is 31.4. The molecule has 112 valence electrons. The first-order valence-electron chi connectivity index (χ1n) is 6.26. The minimum atomic E-state index is -0.886. The van der Waals surface area contributed by atoms with Gasteiger partial charge in [-0.15, -0.1) is 11.8 Å². The summed E-state index contributed by atoms with van der Waals surface area (Å²) in [6, 6.07) is 5.60. The van der Waals surface area contributed by atoms with E-state index in [4.69, 9.17) is 4.52 Å². The number of hydrogen-bond donors (Lipinski definition) is 1. The van der Waals surface area contributed by atoms with Gasteiger partial charge in [0, 0.05) is 17.4 Å². The van der Waals surface area contributed by atoms with Crippen LogP contribution in [0.4, 0.5) is 14.6 Å². The Hall–Kier alpha value is -1.89. The molecule has 0 aliphatic carbocycles. The largest absolute Gasteiger partial charge is 0.360 e. The average Bonchev–Trinajstić information content (AvgIpc) is 2.85. The Bertz CT molecular complexity index is 646. The quantitative estimate of drug-likeness (QED) is 0.918. The number of carbonyl (C=O) groups is 1. The Morgan fingerprint density at radius 1 is 1.48 bits per heavy atom. The first-order valence-corrected chi connectivity index (χ1v) is 7.31. The molecule has 1 aromatic heterocycles. The molecule has 21 heavy (non-hydrogen) atoms. The SMILES string of the molecule is Cc1cc(NC(=O)C(C)SCc2cccc(F)c2F)no1. The summed E-state index contributed by atoms with van der Waals surface area (Å²) >= 11 is 1.21. The molecule has 1 N–H and O–H groups in total. The third kappa shape index (κ3) is 4.04. The van der Waals surface area contributed by atoms with Crippen LogP contribution in [0, 0.1) is 18.6 Å². The third-order valence-corrected chi connectivity index (χ3v) is 3.96. The van der Waals surface area contributed by atoms with Crippen LogP contribution in [0.15, 0.2) is 28.8 Å². The zero-order chi connectivity index (χ0) is 15.4. The number of benzene rings is 1. The Kier molecular flexibility index (Phi) is 4.95. The number of carbonyl (C=O) groups excluding carboxylic acids is 1. The van der Waals surface area contributed by atoms with E-state index >= 15 is 0 Å². The normalized spacial score (nSPS) is 12.2. The Morgan fingerprint density at radius 3 is 2.90 bits per heavy atom. The van der Waals surface area contributed by atoms with Crippen molar-refractivity contribution >= 4 is 23.5 Å². The lowest BCUT2D eigenvalue weighted by Gasteiger charge is -2.10. The van der Waals surface area contributed by atoms with Crippen LogP contribution in [0.3, 0.4) is 0 Å². The Balaban J connectivity index is 1.90. The highest BCUT2D eigenvalue weighted by Gasteiger charge is 2.17. The number of hydrogen-bond acceptors (Lipinski definition) is 4. The minimum absolute atomic E-state index is 0.204. The molecule has 0 saturated heterocycles. The van der Waals surface area contributed by atoms with Gasteiger partial charge in [-0.3, -0.25) is 4.79 Å². The van der Waals surface area contributed by atoms with Crippen LogP contribution < -0.4 is 5.32 Å². The number of nitrogens with zero attached hydrogens (tertiary/aromatic N) is 1. The monoisotopic (exact) mass is 312 g/mol. The maximum Gasteiger partial charge on any atom is 0.238 e.